The minimum absolute atomic E-state index is 0.0198. The van der Waals surface area contributed by atoms with Crippen molar-refractivity contribution in [2.24, 2.45) is 17.6 Å². The maximum absolute atomic E-state index is 14.7. The number of sulfonamides is 1. The number of amides is 1. The molecule has 11 heteroatoms. The number of carbonyl (C=O) groups is 1. The van der Waals surface area contributed by atoms with E-state index in [9.17, 15) is 22.0 Å². The molecule has 0 radical (unpaired) electrons. The Morgan fingerprint density at radius 2 is 1.95 bits per heavy atom. The molecule has 3 heterocycles. The van der Waals surface area contributed by atoms with Crippen molar-refractivity contribution in [2.45, 2.75) is 64.1 Å². The predicted octanol–water partition coefficient (Wildman–Crippen LogP) is 4.38. The predicted molar refractivity (Wildman–Crippen MR) is 142 cm³/mol. The van der Waals surface area contributed by atoms with Gasteiger partial charge in [-0.05, 0) is 56.7 Å². The number of primary amides is 1. The van der Waals surface area contributed by atoms with Gasteiger partial charge in [0, 0.05) is 36.8 Å². The summed E-state index contributed by atoms with van der Waals surface area (Å²) in [6, 6.07) is 5.31. The summed E-state index contributed by atoms with van der Waals surface area (Å²) in [6.45, 7) is 10.5. The molecule has 8 nitrogen and oxygen atoms in total. The number of nitrogens with two attached hydrogens (primary N) is 1. The lowest BCUT2D eigenvalue weighted by atomic mass is 9.97. The molecule has 0 unspecified atom stereocenters. The van der Waals surface area contributed by atoms with E-state index < -0.39 is 33.5 Å². The number of nitrogens with zero attached hydrogens (tertiary/aromatic N) is 3. The van der Waals surface area contributed by atoms with Gasteiger partial charge in [-0.25, -0.2) is 22.2 Å². The second kappa shape index (κ2) is 10.4. The molecule has 2 aromatic rings. The van der Waals surface area contributed by atoms with E-state index in [2.05, 4.69) is 6.92 Å². The second-order valence-electron chi connectivity index (χ2n) is 11.4. The van der Waals surface area contributed by atoms with Crippen molar-refractivity contribution in [3.8, 4) is 17.0 Å². The number of halogens is 2. The molecule has 2 aliphatic heterocycles. The number of anilines is 1. The van der Waals surface area contributed by atoms with E-state index in [0.29, 0.717) is 13.2 Å². The zero-order valence-corrected chi connectivity index (χ0v) is 23.3. The minimum Gasteiger partial charge on any atom is -0.493 e. The highest BCUT2D eigenvalue weighted by atomic mass is 32.2. The van der Waals surface area contributed by atoms with Gasteiger partial charge in [0.25, 0.3) is 5.91 Å². The zero-order valence-electron chi connectivity index (χ0n) is 22.5. The van der Waals surface area contributed by atoms with Crippen molar-refractivity contribution < 1.29 is 26.7 Å². The highest BCUT2D eigenvalue weighted by Crippen LogP contribution is 2.41. The summed E-state index contributed by atoms with van der Waals surface area (Å²) >= 11 is 0. The topological polar surface area (TPSA) is 106 Å². The van der Waals surface area contributed by atoms with Crippen LogP contribution in [0.15, 0.2) is 29.2 Å². The van der Waals surface area contributed by atoms with E-state index in [-0.39, 0.29) is 64.6 Å². The van der Waals surface area contributed by atoms with Crippen LogP contribution in [0.4, 0.5) is 14.6 Å². The lowest BCUT2D eigenvalue weighted by Crippen LogP contribution is -2.41. The van der Waals surface area contributed by atoms with Crippen molar-refractivity contribution in [3.63, 3.8) is 0 Å². The van der Waals surface area contributed by atoms with Crippen LogP contribution in [0, 0.1) is 17.7 Å². The minimum atomic E-state index is -4.32. The summed E-state index contributed by atoms with van der Waals surface area (Å²) in [7, 11) is -4.32. The van der Waals surface area contributed by atoms with Crippen LogP contribution < -0.4 is 15.4 Å². The van der Waals surface area contributed by atoms with Crippen molar-refractivity contribution >= 4 is 21.7 Å². The van der Waals surface area contributed by atoms with Crippen LogP contribution in [0.1, 0.15) is 57.8 Å². The van der Waals surface area contributed by atoms with E-state index in [1.54, 1.807) is 6.07 Å². The van der Waals surface area contributed by atoms with E-state index in [4.69, 9.17) is 15.5 Å². The molecule has 2 fully saturated rings. The number of rotatable bonds is 8. The van der Waals surface area contributed by atoms with Gasteiger partial charge in [0.1, 0.15) is 34.0 Å². The Morgan fingerprint density at radius 1 is 1.24 bits per heavy atom. The van der Waals surface area contributed by atoms with E-state index in [0.717, 1.165) is 10.7 Å². The van der Waals surface area contributed by atoms with Crippen molar-refractivity contribution in [1.82, 2.24) is 9.29 Å². The first-order valence-corrected chi connectivity index (χ1v) is 14.3. The summed E-state index contributed by atoms with van der Waals surface area (Å²) in [5, 5.41) is 0. The Labute approximate surface area is 223 Å². The average Bonchev–Trinajstić information content (AvgIpc) is 3.38. The van der Waals surface area contributed by atoms with Crippen molar-refractivity contribution in [2.75, 3.05) is 31.1 Å². The zero-order chi connectivity index (χ0) is 28.0. The first-order valence-electron chi connectivity index (χ1n) is 12.9. The van der Waals surface area contributed by atoms with Gasteiger partial charge < -0.3 is 15.4 Å². The normalized spacial score (nSPS) is 21.8. The van der Waals surface area contributed by atoms with Gasteiger partial charge in [-0.2, -0.15) is 4.31 Å². The Bertz CT molecular complexity index is 1330. The molecule has 1 aromatic carbocycles. The van der Waals surface area contributed by atoms with Gasteiger partial charge in [-0.3, -0.25) is 4.79 Å². The third-order valence-corrected chi connectivity index (χ3v) is 8.89. The van der Waals surface area contributed by atoms with Crippen molar-refractivity contribution in [1.29, 1.82) is 0 Å². The summed E-state index contributed by atoms with van der Waals surface area (Å²) in [5.74, 6) is -0.695. The summed E-state index contributed by atoms with van der Waals surface area (Å²) in [6.07, 6.45) is -0.459. The molecule has 0 saturated carbocycles. The lowest BCUT2D eigenvalue weighted by molar-refractivity contribution is 0.0997. The molecule has 1 aromatic heterocycles. The van der Waals surface area contributed by atoms with Gasteiger partial charge in [-0.1, -0.05) is 20.8 Å². The first kappa shape index (κ1) is 28.2. The quantitative estimate of drug-likeness (QED) is 0.523. The SMILES string of the molecule is CC(C)COc1cc(F)cc(-c2cc(S(=O)(=O)N3CC[C@H](F)C3)c(C(N)=O)c(N3C[C@@H](C)CC3(C)C)n2)c1. The Balaban J connectivity index is 1.96. The van der Waals surface area contributed by atoms with E-state index in [1.165, 1.54) is 18.2 Å². The highest BCUT2D eigenvalue weighted by Gasteiger charge is 2.42. The molecule has 4 rings (SSSR count). The number of carbonyl (C=O) groups excluding carboxylic acids is 1. The van der Waals surface area contributed by atoms with Gasteiger partial charge in [0.15, 0.2) is 0 Å². The van der Waals surface area contributed by atoms with Crippen LogP contribution in [0.3, 0.4) is 0 Å². The van der Waals surface area contributed by atoms with Crippen LogP contribution in [0.5, 0.6) is 5.75 Å². The Kier molecular flexibility index (Phi) is 7.73. The number of pyridine rings is 1. The van der Waals surface area contributed by atoms with Crippen LogP contribution in [-0.4, -0.2) is 61.6 Å². The molecule has 2 N–H and O–H groups in total. The molecule has 2 aliphatic rings. The van der Waals surface area contributed by atoms with Crippen molar-refractivity contribution in [3.05, 3.63) is 35.6 Å². The Hall–Kier alpha value is -2.79. The summed E-state index contributed by atoms with van der Waals surface area (Å²) < 4.78 is 63.1. The molecule has 0 aliphatic carbocycles. The average molecular weight is 551 g/mol. The number of benzene rings is 1. The molecule has 1 amide bonds. The fourth-order valence-electron chi connectivity index (χ4n) is 5.35. The lowest BCUT2D eigenvalue weighted by Gasteiger charge is -2.34. The third-order valence-electron chi connectivity index (χ3n) is 7.00. The third kappa shape index (κ3) is 5.63. The molecule has 2 saturated heterocycles. The molecular formula is C27H36F2N4O4S. The van der Waals surface area contributed by atoms with Gasteiger partial charge in [-0.15, -0.1) is 0 Å². The molecular weight excluding hydrogens is 514 g/mol. The number of hydrogen-bond acceptors (Lipinski definition) is 6. The monoisotopic (exact) mass is 550 g/mol. The van der Waals surface area contributed by atoms with E-state index >= 15 is 0 Å². The maximum Gasteiger partial charge on any atom is 0.253 e. The van der Waals surface area contributed by atoms with Gasteiger partial charge in [0.05, 0.1) is 12.3 Å². The van der Waals surface area contributed by atoms with Gasteiger partial charge in [0.2, 0.25) is 10.0 Å². The summed E-state index contributed by atoms with van der Waals surface area (Å²) in [4.78, 5) is 19.1. The summed E-state index contributed by atoms with van der Waals surface area (Å²) in [5.41, 5.74) is 5.52. The molecule has 0 spiro atoms. The second-order valence-corrected chi connectivity index (χ2v) is 13.3. The fourth-order valence-corrected chi connectivity index (χ4v) is 7.04. The number of alkyl halides is 1. The number of ether oxygens (including phenoxy) is 1. The van der Waals surface area contributed by atoms with Gasteiger partial charge >= 0.3 is 0 Å². The molecule has 2 atom stereocenters. The number of hydrogen-bond donors (Lipinski definition) is 1. The van der Waals surface area contributed by atoms with Crippen LogP contribution >= 0.6 is 0 Å². The number of aromatic nitrogens is 1. The van der Waals surface area contributed by atoms with E-state index in [1.807, 2.05) is 32.6 Å². The molecule has 0 bridgehead atoms. The standard InChI is InChI=1S/C27H36F2N4O4S/c1-16(2)15-37-21-9-18(8-20(29)10-21)22-11-23(38(35,36)32-7-6-19(28)14-32)24(25(30)34)26(31-22)33-13-17(3)12-27(33,4)5/h8-11,16-17,19H,6-7,12-15H2,1-5H3,(H2,30,34)/t17-,19-/m0/s1. The first-order chi connectivity index (χ1) is 17.7. The maximum atomic E-state index is 14.7. The smallest absolute Gasteiger partial charge is 0.253 e. The largest absolute Gasteiger partial charge is 0.493 e. The van der Waals surface area contributed by atoms with Crippen LogP contribution in [0.25, 0.3) is 11.3 Å². The van der Waals surface area contributed by atoms with Crippen LogP contribution in [0.2, 0.25) is 0 Å². The fraction of sp³-hybridized carbons (Fsp3) is 0.556. The Morgan fingerprint density at radius 3 is 2.50 bits per heavy atom. The molecule has 208 valence electrons. The molecule has 38 heavy (non-hydrogen) atoms. The van der Waals surface area contributed by atoms with Crippen LogP contribution in [-0.2, 0) is 10.0 Å². The highest BCUT2D eigenvalue weighted by molar-refractivity contribution is 7.89.